The molecule has 0 spiro atoms. The summed E-state index contributed by atoms with van der Waals surface area (Å²) in [6.45, 7) is 2.80. The van der Waals surface area contributed by atoms with E-state index < -0.39 is 6.04 Å². The first-order chi connectivity index (χ1) is 12.0. The summed E-state index contributed by atoms with van der Waals surface area (Å²) in [4.78, 5) is 28.6. The van der Waals surface area contributed by atoms with Crippen molar-refractivity contribution in [2.75, 3.05) is 13.6 Å². The SMILES string of the molecule is Cc1ccc(C2NC(=O)N(C)C3=C2C(=O)N(Cc2ccco2)C3)cc1. The van der Waals surface area contributed by atoms with Crippen LogP contribution >= 0.6 is 0 Å². The van der Waals surface area contributed by atoms with Crippen molar-refractivity contribution in [2.45, 2.75) is 19.5 Å². The van der Waals surface area contributed by atoms with Gasteiger partial charge in [0.15, 0.2) is 0 Å². The lowest BCUT2D eigenvalue weighted by molar-refractivity contribution is -0.126. The maximum Gasteiger partial charge on any atom is 0.322 e. The van der Waals surface area contributed by atoms with Crippen molar-refractivity contribution in [3.63, 3.8) is 0 Å². The van der Waals surface area contributed by atoms with Gasteiger partial charge in [0.25, 0.3) is 5.91 Å². The lowest BCUT2D eigenvalue weighted by atomic mass is 9.95. The molecule has 1 atom stereocenters. The molecule has 1 aromatic heterocycles. The second-order valence-corrected chi connectivity index (χ2v) is 6.45. The van der Waals surface area contributed by atoms with Gasteiger partial charge >= 0.3 is 6.03 Å². The van der Waals surface area contributed by atoms with Crippen LogP contribution < -0.4 is 5.32 Å². The van der Waals surface area contributed by atoms with Crippen LogP contribution in [0.1, 0.15) is 22.9 Å². The molecule has 2 aliphatic heterocycles. The molecule has 1 unspecified atom stereocenters. The lowest BCUT2D eigenvalue weighted by Crippen LogP contribution is -2.45. The number of rotatable bonds is 3. The van der Waals surface area contributed by atoms with Crippen molar-refractivity contribution in [3.05, 3.63) is 70.8 Å². The highest BCUT2D eigenvalue weighted by Crippen LogP contribution is 2.36. The van der Waals surface area contributed by atoms with Crippen LogP contribution in [0, 0.1) is 6.92 Å². The van der Waals surface area contributed by atoms with E-state index in [1.165, 1.54) is 4.90 Å². The molecule has 6 heteroatoms. The minimum absolute atomic E-state index is 0.0659. The van der Waals surface area contributed by atoms with Crippen molar-refractivity contribution in [1.82, 2.24) is 15.1 Å². The van der Waals surface area contributed by atoms with E-state index in [-0.39, 0.29) is 11.9 Å². The third kappa shape index (κ3) is 2.59. The van der Waals surface area contributed by atoms with Gasteiger partial charge in [0.2, 0.25) is 0 Å². The summed E-state index contributed by atoms with van der Waals surface area (Å²) < 4.78 is 5.36. The number of carbonyl (C=O) groups is 2. The maximum atomic E-state index is 13.0. The molecule has 6 nitrogen and oxygen atoms in total. The van der Waals surface area contributed by atoms with Crippen LogP contribution in [0.4, 0.5) is 4.79 Å². The molecule has 128 valence electrons. The number of nitrogens with one attached hydrogen (secondary N) is 1. The van der Waals surface area contributed by atoms with Crippen molar-refractivity contribution < 1.29 is 14.0 Å². The molecule has 3 heterocycles. The highest BCUT2D eigenvalue weighted by atomic mass is 16.3. The van der Waals surface area contributed by atoms with Crippen molar-refractivity contribution in [2.24, 2.45) is 0 Å². The van der Waals surface area contributed by atoms with Crippen LogP contribution in [0.5, 0.6) is 0 Å². The van der Waals surface area contributed by atoms with Crippen molar-refractivity contribution >= 4 is 11.9 Å². The number of amides is 3. The normalized spacial score (nSPS) is 20.2. The van der Waals surface area contributed by atoms with E-state index in [4.69, 9.17) is 4.42 Å². The predicted molar refractivity (Wildman–Crippen MR) is 91.4 cm³/mol. The first-order valence-electron chi connectivity index (χ1n) is 8.20. The number of hydrogen-bond donors (Lipinski definition) is 1. The molecule has 0 saturated heterocycles. The third-order valence-corrected chi connectivity index (χ3v) is 4.77. The Kier molecular flexibility index (Phi) is 3.60. The van der Waals surface area contributed by atoms with Crippen LogP contribution in [0.2, 0.25) is 0 Å². The average molecular weight is 337 g/mol. The number of benzene rings is 1. The number of likely N-dealkylation sites (N-methyl/N-ethyl adjacent to an activating group) is 1. The van der Waals surface area contributed by atoms with Gasteiger partial charge in [-0.3, -0.25) is 9.69 Å². The molecule has 1 aromatic carbocycles. The predicted octanol–water partition coefficient (Wildman–Crippen LogP) is 2.58. The number of aryl methyl sites for hydroxylation is 1. The Hall–Kier alpha value is -3.02. The van der Waals surface area contributed by atoms with Crippen LogP contribution in [-0.2, 0) is 11.3 Å². The minimum atomic E-state index is -0.423. The molecule has 2 aliphatic rings. The van der Waals surface area contributed by atoms with E-state index in [1.807, 2.05) is 37.3 Å². The van der Waals surface area contributed by atoms with Crippen LogP contribution in [0.25, 0.3) is 0 Å². The Morgan fingerprint density at radius 3 is 2.64 bits per heavy atom. The van der Waals surface area contributed by atoms with E-state index >= 15 is 0 Å². The third-order valence-electron chi connectivity index (χ3n) is 4.77. The fourth-order valence-electron chi connectivity index (χ4n) is 3.35. The smallest absolute Gasteiger partial charge is 0.322 e. The molecule has 2 aromatic rings. The molecule has 1 N–H and O–H groups in total. The van der Waals surface area contributed by atoms with Gasteiger partial charge in [0.1, 0.15) is 5.76 Å². The Morgan fingerprint density at radius 1 is 1.20 bits per heavy atom. The van der Waals surface area contributed by atoms with E-state index in [9.17, 15) is 9.59 Å². The second kappa shape index (κ2) is 5.81. The average Bonchev–Trinajstić information content (AvgIpc) is 3.22. The fraction of sp³-hybridized carbons (Fsp3) is 0.263. The Labute approximate surface area is 145 Å². The van der Waals surface area contributed by atoms with Gasteiger partial charge in [-0.25, -0.2) is 4.79 Å². The highest BCUT2D eigenvalue weighted by molar-refractivity contribution is 6.01. The Morgan fingerprint density at radius 2 is 1.96 bits per heavy atom. The molecular weight excluding hydrogens is 318 g/mol. The molecule has 0 bridgehead atoms. The van der Waals surface area contributed by atoms with Gasteiger partial charge in [0, 0.05) is 7.05 Å². The number of urea groups is 1. The number of hydrogen-bond acceptors (Lipinski definition) is 3. The van der Waals surface area contributed by atoms with Gasteiger partial charge in [-0.2, -0.15) is 0 Å². The van der Waals surface area contributed by atoms with E-state index in [0.29, 0.717) is 18.7 Å². The summed E-state index contributed by atoms with van der Waals surface area (Å²) in [7, 11) is 1.69. The van der Waals surface area contributed by atoms with E-state index in [0.717, 1.165) is 22.6 Å². The molecular formula is C19H19N3O3. The zero-order chi connectivity index (χ0) is 17.6. The standard InChI is InChI=1S/C19H19N3O3/c1-12-5-7-13(8-6-12)17-16-15(21(2)19(24)20-17)11-22(18(16)23)10-14-4-3-9-25-14/h3-9,17H,10-11H2,1-2H3,(H,20,24). The molecule has 0 saturated carbocycles. The van der Waals surface area contributed by atoms with Gasteiger partial charge in [-0.1, -0.05) is 29.8 Å². The summed E-state index contributed by atoms with van der Waals surface area (Å²) in [6, 6.07) is 10.9. The highest BCUT2D eigenvalue weighted by Gasteiger charge is 2.42. The Bertz CT molecular complexity index is 853. The fourth-order valence-corrected chi connectivity index (χ4v) is 3.35. The zero-order valence-electron chi connectivity index (χ0n) is 14.2. The Balaban J connectivity index is 1.69. The van der Waals surface area contributed by atoms with Gasteiger partial charge in [-0.05, 0) is 24.6 Å². The number of nitrogens with zero attached hydrogens (tertiary/aromatic N) is 2. The summed E-state index contributed by atoms with van der Waals surface area (Å²) >= 11 is 0. The molecule has 3 amide bonds. The van der Waals surface area contributed by atoms with Crippen molar-refractivity contribution in [1.29, 1.82) is 0 Å². The topological polar surface area (TPSA) is 65.8 Å². The second-order valence-electron chi connectivity index (χ2n) is 6.45. The van der Waals surface area contributed by atoms with E-state index in [2.05, 4.69) is 5.32 Å². The quantitative estimate of drug-likeness (QED) is 0.936. The first kappa shape index (κ1) is 15.5. The molecule has 0 fully saturated rings. The zero-order valence-corrected chi connectivity index (χ0v) is 14.2. The monoisotopic (exact) mass is 337 g/mol. The summed E-state index contributed by atoms with van der Waals surface area (Å²) in [5.74, 6) is 0.658. The van der Waals surface area contributed by atoms with Crippen LogP contribution in [0.3, 0.4) is 0 Å². The number of carbonyl (C=O) groups excluding carboxylic acids is 2. The van der Waals surface area contributed by atoms with Gasteiger partial charge in [0.05, 0.1) is 36.7 Å². The molecule has 0 radical (unpaired) electrons. The maximum absolute atomic E-state index is 13.0. The summed E-state index contributed by atoms with van der Waals surface area (Å²) in [6.07, 6.45) is 1.59. The number of furan rings is 1. The molecule has 0 aliphatic carbocycles. The van der Waals surface area contributed by atoms with Gasteiger partial charge in [-0.15, -0.1) is 0 Å². The van der Waals surface area contributed by atoms with Gasteiger partial charge < -0.3 is 14.6 Å². The first-order valence-corrected chi connectivity index (χ1v) is 8.20. The summed E-state index contributed by atoms with van der Waals surface area (Å²) in [5.41, 5.74) is 3.44. The van der Waals surface area contributed by atoms with E-state index in [1.54, 1.807) is 24.3 Å². The molecule has 25 heavy (non-hydrogen) atoms. The largest absolute Gasteiger partial charge is 0.467 e. The van der Waals surface area contributed by atoms with Crippen LogP contribution in [-0.4, -0.2) is 35.3 Å². The molecule has 4 rings (SSSR count). The summed E-state index contributed by atoms with van der Waals surface area (Å²) in [5, 5.41) is 2.94. The minimum Gasteiger partial charge on any atom is -0.467 e. The lowest BCUT2D eigenvalue weighted by Gasteiger charge is -2.31. The van der Waals surface area contributed by atoms with Crippen molar-refractivity contribution in [3.8, 4) is 0 Å². The van der Waals surface area contributed by atoms with Crippen LogP contribution in [0.15, 0.2) is 58.3 Å².